The summed E-state index contributed by atoms with van der Waals surface area (Å²) in [6, 6.07) is 0. The molecule has 2 heteroatoms. The Kier molecular flexibility index (Phi) is 4.39. The monoisotopic (exact) mass is 260 g/mol. The summed E-state index contributed by atoms with van der Waals surface area (Å²) in [6.45, 7) is 19.1. The zero-order chi connectivity index (χ0) is 12.7. The van der Waals surface area contributed by atoms with Crippen molar-refractivity contribution in [2.24, 2.45) is 16.7 Å². The van der Waals surface area contributed by atoms with E-state index in [1.807, 2.05) is 0 Å². The van der Waals surface area contributed by atoms with Crippen molar-refractivity contribution in [3.05, 3.63) is 0 Å². The molecule has 0 nitrogen and oxygen atoms in total. The molecule has 1 heterocycles. The third-order valence-corrected chi connectivity index (χ3v) is 7.42. The van der Waals surface area contributed by atoms with Crippen LogP contribution < -0.4 is 0 Å². The first-order valence-electron chi connectivity index (χ1n) is 6.34. The van der Waals surface area contributed by atoms with Crippen LogP contribution in [0.1, 0.15) is 55.4 Å². The largest absolute Gasteiger partial charge is 0.144 e. The van der Waals surface area contributed by atoms with Crippen molar-refractivity contribution in [1.29, 1.82) is 0 Å². The van der Waals surface area contributed by atoms with Gasteiger partial charge < -0.3 is 0 Å². The van der Waals surface area contributed by atoms with Gasteiger partial charge in [-0.2, -0.15) is 0 Å². The molecule has 1 saturated heterocycles. The van der Waals surface area contributed by atoms with Crippen molar-refractivity contribution in [3.63, 3.8) is 0 Å². The fraction of sp³-hybridized carbons (Fsp3) is 1.00. The first kappa shape index (κ1) is 14.8. The second-order valence-corrected chi connectivity index (χ2v) is 10.5. The normalized spacial score (nSPS) is 37.5. The van der Waals surface area contributed by atoms with Gasteiger partial charge in [0.25, 0.3) is 0 Å². The Labute approximate surface area is 111 Å². The van der Waals surface area contributed by atoms with Crippen molar-refractivity contribution in [1.82, 2.24) is 0 Å². The molecule has 1 aliphatic heterocycles. The van der Waals surface area contributed by atoms with Gasteiger partial charge in [0.1, 0.15) is 0 Å². The fourth-order valence-electron chi connectivity index (χ4n) is 2.79. The standard InChI is InChI=1S/C14H28S2/c1-9-11(13(3,4)5)10(2)16-12(15-9)14(6,7)8/h9-12H,1-8H3. The molecule has 2 atom stereocenters. The van der Waals surface area contributed by atoms with E-state index >= 15 is 0 Å². The minimum atomic E-state index is 0.417. The van der Waals surface area contributed by atoms with Crippen LogP contribution in [0.2, 0.25) is 0 Å². The van der Waals surface area contributed by atoms with E-state index in [0.717, 1.165) is 21.0 Å². The smallest absolute Gasteiger partial charge is 0.0556 e. The summed E-state index contributed by atoms with van der Waals surface area (Å²) in [5.41, 5.74) is 0.850. The van der Waals surface area contributed by atoms with E-state index in [9.17, 15) is 0 Å². The summed E-state index contributed by atoms with van der Waals surface area (Å²) in [5, 5.41) is 1.56. The average Bonchev–Trinajstić information content (AvgIpc) is 1.97. The van der Waals surface area contributed by atoms with E-state index in [0.29, 0.717) is 10.8 Å². The van der Waals surface area contributed by atoms with Gasteiger partial charge >= 0.3 is 0 Å². The first-order chi connectivity index (χ1) is 7.03. The molecular weight excluding hydrogens is 232 g/mol. The van der Waals surface area contributed by atoms with Gasteiger partial charge in [-0.3, -0.25) is 0 Å². The van der Waals surface area contributed by atoms with Gasteiger partial charge in [-0.1, -0.05) is 55.4 Å². The summed E-state index contributed by atoms with van der Waals surface area (Å²) in [6.07, 6.45) is 0. The third-order valence-electron chi connectivity index (χ3n) is 3.40. The Hall–Kier alpha value is 0.700. The van der Waals surface area contributed by atoms with Crippen LogP contribution in [0.25, 0.3) is 0 Å². The maximum atomic E-state index is 2.43. The molecule has 16 heavy (non-hydrogen) atoms. The van der Waals surface area contributed by atoms with Crippen molar-refractivity contribution in [3.8, 4) is 0 Å². The van der Waals surface area contributed by atoms with E-state index in [-0.39, 0.29) is 0 Å². The highest BCUT2D eigenvalue weighted by atomic mass is 32.2. The number of thioether (sulfide) groups is 2. The summed E-state index contributed by atoms with van der Waals surface area (Å²) in [7, 11) is 0. The molecule has 0 bridgehead atoms. The van der Waals surface area contributed by atoms with E-state index in [4.69, 9.17) is 0 Å². The highest BCUT2D eigenvalue weighted by Gasteiger charge is 2.43. The maximum absolute atomic E-state index is 2.43. The highest BCUT2D eigenvalue weighted by molar-refractivity contribution is 8.18. The molecule has 0 saturated carbocycles. The lowest BCUT2D eigenvalue weighted by molar-refractivity contribution is 0.235. The van der Waals surface area contributed by atoms with Gasteiger partial charge in [-0.25, -0.2) is 0 Å². The maximum Gasteiger partial charge on any atom is 0.0556 e. The van der Waals surface area contributed by atoms with Crippen LogP contribution in [0.3, 0.4) is 0 Å². The van der Waals surface area contributed by atoms with Gasteiger partial charge in [0, 0.05) is 10.5 Å². The molecule has 0 aromatic rings. The molecule has 0 aromatic carbocycles. The molecule has 0 radical (unpaired) electrons. The van der Waals surface area contributed by atoms with Gasteiger partial charge in [-0.05, 0) is 16.7 Å². The number of hydrogen-bond donors (Lipinski definition) is 0. The SMILES string of the molecule is CC1SC(C(C)(C)C)SC(C)C1C(C)(C)C. The summed E-state index contributed by atoms with van der Waals surface area (Å²) in [5.74, 6) is 0.820. The molecule has 0 N–H and O–H groups in total. The van der Waals surface area contributed by atoms with Crippen LogP contribution >= 0.6 is 23.5 Å². The Morgan fingerprint density at radius 1 is 0.688 bits per heavy atom. The molecule has 0 spiro atoms. The summed E-state index contributed by atoms with van der Waals surface area (Å²) >= 11 is 4.39. The van der Waals surface area contributed by atoms with Crippen molar-refractivity contribution in [2.45, 2.75) is 70.5 Å². The molecular formula is C14H28S2. The topological polar surface area (TPSA) is 0 Å². The Bertz CT molecular complexity index is 222. The molecule has 0 aliphatic carbocycles. The second kappa shape index (κ2) is 4.76. The van der Waals surface area contributed by atoms with Gasteiger partial charge in [0.15, 0.2) is 0 Å². The minimum Gasteiger partial charge on any atom is -0.144 e. The number of rotatable bonds is 0. The Balaban J connectivity index is 2.80. The Morgan fingerprint density at radius 3 is 1.31 bits per heavy atom. The van der Waals surface area contributed by atoms with Crippen LogP contribution in [0.5, 0.6) is 0 Å². The van der Waals surface area contributed by atoms with Crippen LogP contribution in [0.15, 0.2) is 0 Å². The van der Waals surface area contributed by atoms with E-state index < -0.39 is 0 Å². The van der Waals surface area contributed by atoms with Crippen molar-refractivity contribution in [2.75, 3.05) is 0 Å². The minimum absolute atomic E-state index is 0.417. The summed E-state index contributed by atoms with van der Waals surface area (Å²) in [4.78, 5) is 0. The Morgan fingerprint density at radius 2 is 1.06 bits per heavy atom. The van der Waals surface area contributed by atoms with Gasteiger partial charge in [0.05, 0.1) is 4.58 Å². The lowest BCUT2D eigenvalue weighted by Gasteiger charge is -2.48. The van der Waals surface area contributed by atoms with Crippen molar-refractivity contribution < 1.29 is 0 Å². The summed E-state index contributed by atoms with van der Waals surface area (Å²) < 4.78 is 0.746. The molecule has 0 amide bonds. The molecule has 0 aromatic heterocycles. The molecule has 1 aliphatic rings. The quantitative estimate of drug-likeness (QED) is 0.581. The van der Waals surface area contributed by atoms with Crippen LogP contribution in [0.4, 0.5) is 0 Å². The number of hydrogen-bond acceptors (Lipinski definition) is 2. The predicted molar refractivity (Wildman–Crippen MR) is 80.3 cm³/mol. The highest BCUT2D eigenvalue weighted by Crippen LogP contribution is 2.54. The lowest BCUT2D eigenvalue weighted by Crippen LogP contribution is -2.42. The van der Waals surface area contributed by atoms with E-state index in [1.54, 1.807) is 0 Å². The molecule has 1 rings (SSSR count). The van der Waals surface area contributed by atoms with Crippen molar-refractivity contribution >= 4 is 23.5 Å². The zero-order valence-electron chi connectivity index (χ0n) is 12.1. The molecule has 1 fully saturated rings. The zero-order valence-corrected chi connectivity index (χ0v) is 13.8. The lowest BCUT2D eigenvalue weighted by atomic mass is 9.77. The molecule has 2 unspecified atom stereocenters. The van der Waals surface area contributed by atoms with Crippen LogP contribution in [0, 0.1) is 16.7 Å². The fourth-order valence-corrected chi connectivity index (χ4v) is 7.42. The van der Waals surface area contributed by atoms with E-state index in [2.05, 4.69) is 78.9 Å². The molecule has 96 valence electrons. The van der Waals surface area contributed by atoms with Gasteiger partial charge in [0.2, 0.25) is 0 Å². The van der Waals surface area contributed by atoms with Crippen LogP contribution in [-0.2, 0) is 0 Å². The predicted octanol–water partition coefficient (Wildman–Crippen LogP) is 5.28. The second-order valence-electron chi connectivity index (χ2n) is 7.27. The first-order valence-corrected chi connectivity index (χ1v) is 8.23. The third kappa shape index (κ3) is 3.35. The van der Waals surface area contributed by atoms with E-state index in [1.165, 1.54) is 0 Å². The van der Waals surface area contributed by atoms with Gasteiger partial charge in [-0.15, -0.1) is 23.5 Å². The van der Waals surface area contributed by atoms with Crippen LogP contribution in [-0.4, -0.2) is 15.1 Å². The average molecular weight is 261 g/mol.